The topological polar surface area (TPSA) is 53.1 Å². The van der Waals surface area contributed by atoms with E-state index in [0.29, 0.717) is 40.7 Å². The van der Waals surface area contributed by atoms with Crippen molar-refractivity contribution in [2.45, 2.75) is 6.54 Å². The van der Waals surface area contributed by atoms with Crippen LogP contribution in [0.15, 0.2) is 103 Å². The molecule has 6 rings (SSSR count). The quantitative estimate of drug-likeness (QED) is 0.262. The van der Waals surface area contributed by atoms with Crippen LogP contribution in [0.2, 0.25) is 5.02 Å². The van der Waals surface area contributed by atoms with Gasteiger partial charge in [0.05, 0.1) is 12.2 Å². The van der Waals surface area contributed by atoms with E-state index >= 15 is 0 Å². The number of ether oxygens (including phenoxy) is 1. The van der Waals surface area contributed by atoms with Gasteiger partial charge < -0.3 is 14.5 Å². The van der Waals surface area contributed by atoms with Gasteiger partial charge >= 0.3 is 0 Å². The van der Waals surface area contributed by atoms with E-state index in [0.717, 1.165) is 24.3 Å². The molecule has 0 radical (unpaired) electrons. The maximum absolute atomic E-state index is 13.8. The van der Waals surface area contributed by atoms with Gasteiger partial charge in [-0.3, -0.25) is 14.5 Å². The van der Waals surface area contributed by atoms with Gasteiger partial charge in [-0.05, 0) is 71.8 Å². The number of para-hydroxylation sites is 2. The first-order valence-corrected chi connectivity index (χ1v) is 13.8. The molecule has 0 unspecified atom stereocenters. The number of benzene rings is 4. The maximum atomic E-state index is 13.8. The van der Waals surface area contributed by atoms with Crippen molar-refractivity contribution in [3.8, 4) is 5.75 Å². The van der Waals surface area contributed by atoms with Gasteiger partial charge in [-0.15, -0.1) is 0 Å². The fourth-order valence-electron chi connectivity index (χ4n) is 5.13. The molecule has 1 saturated heterocycles. The summed E-state index contributed by atoms with van der Waals surface area (Å²) < 4.78 is 19.8. The molecule has 4 aromatic carbocycles. The predicted molar refractivity (Wildman–Crippen MR) is 159 cm³/mol. The van der Waals surface area contributed by atoms with E-state index in [-0.39, 0.29) is 29.9 Å². The summed E-state index contributed by atoms with van der Waals surface area (Å²) in [5, 5.41) is 0.694. The fourth-order valence-corrected chi connectivity index (χ4v) is 5.32. The lowest BCUT2D eigenvalue weighted by molar-refractivity contribution is -0.117. The Morgan fingerprint density at radius 1 is 0.878 bits per heavy atom. The Labute approximate surface area is 242 Å². The lowest BCUT2D eigenvalue weighted by Gasteiger charge is -2.36. The van der Waals surface area contributed by atoms with Crippen LogP contribution in [-0.2, 0) is 11.3 Å². The molecule has 0 aliphatic carbocycles. The van der Waals surface area contributed by atoms with Crippen LogP contribution in [0, 0.1) is 5.82 Å². The van der Waals surface area contributed by atoms with Gasteiger partial charge in [-0.1, -0.05) is 54.1 Å². The number of halogens is 2. The van der Waals surface area contributed by atoms with E-state index in [1.807, 2.05) is 41.3 Å². The number of fused-ring (bicyclic) bond motifs is 1. The van der Waals surface area contributed by atoms with Crippen LogP contribution < -0.4 is 14.5 Å². The van der Waals surface area contributed by atoms with Gasteiger partial charge in [0.25, 0.3) is 11.8 Å². The molecule has 0 atom stereocenters. The third-order valence-corrected chi connectivity index (χ3v) is 7.49. The van der Waals surface area contributed by atoms with Gasteiger partial charge in [0.15, 0.2) is 11.5 Å². The van der Waals surface area contributed by atoms with E-state index in [1.54, 1.807) is 59.5 Å². The number of carbonyl (C=O) groups is 2. The van der Waals surface area contributed by atoms with E-state index < -0.39 is 0 Å². The highest BCUT2D eigenvalue weighted by Gasteiger charge is 2.30. The second-order valence-electron chi connectivity index (χ2n) is 9.98. The minimum Gasteiger partial charge on any atom is -0.449 e. The Balaban J connectivity index is 1.16. The van der Waals surface area contributed by atoms with Crippen molar-refractivity contribution in [1.82, 2.24) is 4.90 Å². The van der Waals surface area contributed by atoms with Gasteiger partial charge in [0, 0.05) is 42.5 Å². The Kier molecular flexibility index (Phi) is 7.44. The van der Waals surface area contributed by atoms with E-state index in [4.69, 9.17) is 16.3 Å². The van der Waals surface area contributed by atoms with E-state index in [2.05, 4.69) is 4.90 Å². The van der Waals surface area contributed by atoms with Crippen molar-refractivity contribution in [2.24, 2.45) is 0 Å². The molecule has 0 N–H and O–H groups in total. The smallest absolute Gasteiger partial charge is 0.294 e. The van der Waals surface area contributed by atoms with Crippen molar-refractivity contribution >= 4 is 40.9 Å². The molecular formula is C33H27ClFN3O3. The molecule has 0 bridgehead atoms. The standard InChI is InChI=1S/C33H27ClFN3O3/c34-26-6-4-8-28(21-26)36-15-17-37(18-16-36)32(39)25-13-11-23(12-14-25)20-31-33(40)38(22-24-5-3-7-27(35)19-24)29-9-1-2-10-30(29)41-31/h1-14,19-21H,15-18,22H2. The molecule has 2 amide bonds. The summed E-state index contributed by atoms with van der Waals surface area (Å²) in [5.41, 5.74) is 3.65. The average molecular weight is 568 g/mol. The number of anilines is 2. The summed E-state index contributed by atoms with van der Waals surface area (Å²) in [4.78, 5) is 32.3. The Morgan fingerprint density at radius 2 is 1.63 bits per heavy atom. The van der Waals surface area contributed by atoms with Crippen LogP contribution in [0.4, 0.5) is 15.8 Å². The number of carbonyl (C=O) groups excluding carboxylic acids is 2. The first-order chi connectivity index (χ1) is 19.9. The first kappa shape index (κ1) is 26.6. The van der Waals surface area contributed by atoms with Crippen LogP contribution in [0.1, 0.15) is 21.5 Å². The SMILES string of the molecule is O=C(c1ccc(C=C2Oc3ccccc3N(Cc3cccc(F)c3)C2=O)cc1)N1CCN(c2cccc(Cl)c2)CC1. The molecule has 0 aromatic heterocycles. The zero-order valence-corrected chi connectivity index (χ0v) is 22.9. The van der Waals surface area contributed by atoms with Crippen LogP contribution in [-0.4, -0.2) is 42.9 Å². The van der Waals surface area contributed by atoms with Gasteiger partial charge in [-0.2, -0.15) is 0 Å². The van der Waals surface area contributed by atoms with Crippen molar-refractivity contribution < 1.29 is 18.7 Å². The van der Waals surface area contributed by atoms with Gasteiger partial charge in [-0.25, -0.2) is 4.39 Å². The molecule has 1 fully saturated rings. The predicted octanol–water partition coefficient (Wildman–Crippen LogP) is 6.41. The van der Waals surface area contributed by atoms with Crippen LogP contribution >= 0.6 is 11.6 Å². The van der Waals surface area contributed by atoms with Crippen LogP contribution in [0.3, 0.4) is 0 Å². The number of hydrogen-bond acceptors (Lipinski definition) is 4. The van der Waals surface area contributed by atoms with Crippen molar-refractivity contribution in [3.63, 3.8) is 0 Å². The minimum atomic E-state index is -0.357. The second kappa shape index (κ2) is 11.5. The lowest BCUT2D eigenvalue weighted by atomic mass is 10.1. The monoisotopic (exact) mass is 567 g/mol. The number of rotatable bonds is 5. The summed E-state index contributed by atoms with van der Waals surface area (Å²) in [7, 11) is 0. The number of nitrogens with zero attached hydrogens (tertiary/aromatic N) is 3. The first-order valence-electron chi connectivity index (χ1n) is 13.4. The summed E-state index contributed by atoms with van der Waals surface area (Å²) in [6, 6.07) is 28.3. The maximum Gasteiger partial charge on any atom is 0.294 e. The van der Waals surface area contributed by atoms with Gasteiger partial charge in [0.2, 0.25) is 0 Å². The molecule has 8 heteroatoms. The molecule has 2 aliphatic rings. The summed E-state index contributed by atoms with van der Waals surface area (Å²) >= 11 is 6.14. The molecule has 6 nitrogen and oxygen atoms in total. The third kappa shape index (κ3) is 5.81. The summed E-state index contributed by atoms with van der Waals surface area (Å²) in [6.45, 7) is 2.87. The van der Waals surface area contributed by atoms with E-state index in [9.17, 15) is 14.0 Å². The second-order valence-corrected chi connectivity index (χ2v) is 10.4. The molecule has 4 aromatic rings. The highest BCUT2D eigenvalue weighted by atomic mass is 35.5. The fraction of sp³-hybridized carbons (Fsp3) is 0.152. The van der Waals surface area contributed by atoms with E-state index in [1.165, 1.54) is 12.1 Å². The highest BCUT2D eigenvalue weighted by Crippen LogP contribution is 2.36. The normalized spacial score (nSPS) is 16.0. The minimum absolute atomic E-state index is 0.0323. The Bertz CT molecular complexity index is 1630. The molecule has 2 aliphatic heterocycles. The van der Waals surface area contributed by atoms with Crippen molar-refractivity contribution in [2.75, 3.05) is 36.0 Å². The molecule has 0 spiro atoms. The summed E-state index contributed by atoms with van der Waals surface area (Å²) in [6.07, 6.45) is 1.66. The molecular weight excluding hydrogens is 541 g/mol. The van der Waals surface area contributed by atoms with Crippen LogP contribution in [0.25, 0.3) is 6.08 Å². The summed E-state index contributed by atoms with van der Waals surface area (Å²) in [5.74, 6) is -0.0273. The largest absolute Gasteiger partial charge is 0.449 e. The third-order valence-electron chi connectivity index (χ3n) is 7.26. The Morgan fingerprint density at radius 3 is 2.39 bits per heavy atom. The zero-order chi connectivity index (χ0) is 28.3. The molecule has 0 saturated carbocycles. The highest BCUT2D eigenvalue weighted by molar-refractivity contribution is 6.30. The molecule has 206 valence electrons. The number of hydrogen-bond donors (Lipinski definition) is 0. The van der Waals surface area contributed by atoms with Gasteiger partial charge in [0.1, 0.15) is 5.82 Å². The zero-order valence-electron chi connectivity index (χ0n) is 22.2. The Hall–Kier alpha value is -4.62. The number of piperazine rings is 1. The van der Waals surface area contributed by atoms with Crippen molar-refractivity contribution in [3.05, 3.63) is 130 Å². The molecule has 41 heavy (non-hydrogen) atoms. The van der Waals surface area contributed by atoms with Crippen molar-refractivity contribution in [1.29, 1.82) is 0 Å². The number of amides is 2. The van der Waals surface area contributed by atoms with Crippen LogP contribution in [0.5, 0.6) is 5.75 Å². The average Bonchev–Trinajstić information content (AvgIpc) is 2.99. The lowest BCUT2D eigenvalue weighted by Crippen LogP contribution is -2.48. The molecule has 2 heterocycles.